The molecule has 0 unspecified atom stereocenters. The van der Waals surface area contributed by atoms with Gasteiger partial charge >= 0.3 is 0 Å². The van der Waals surface area contributed by atoms with E-state index in [2.05, 4.69) is 10.6 Å². The summed E-state index contributed by atoms with van der Waals surface area (Å²) in [5, 5.41) is 5.99. The lowest BCUT2D eigenvalue weighted by Crippen LogP contribution is -2.31. The second kappa shape index (κ2) is 9.78. The number of ether oxygens (including phenoxy) is 1. The predicted octanol–water partition coefficient (Wildman–Crippen LogP) is 2.70. The Labute approximate surface area is 165 Å². The van der Waals surface area contributed by atoms with Crippen LogP contribution in [0.1, 0.15) is 28.8 Å². The van der Waals surface area contributed by atoms with Crippen LogP contribution in [-0.2, 0) is 11.2 Å². The second-order valence-electron chi connectivity index (χ2n) is 6.88. The van der Waals surface area contributed by atoms with Crippen molar-refractivity contribution in [2.45, 2.75) is 19.3 Å². The van der Waals surface area contributed by atoms with E-state index in [9.17, 15) is 9.59 Å². The highest BCUT2D eigenvalue weighted by molar-refractivity contribution is 5.94. The zero-order valence-electron chi connectivity index (χ0n) is 16.2. The highest BCUT2D eigenvalue weighted by Gasteiger charge is 2.19. The normalized spacial score (nSPS) is 13.2. The molecule has 0 aliphatic carbocycles. The summed E-state index contributed by atoms with van der Waals surface area (Å²) >= 11 is 0. The fraction of sp³-hybridized carbons (Fsp3) is 0.364. The van der Waals surface area contributed by atoms with Gasteiger partial charge in [-0.1, -0.05) is 12.1 Å². The van der Waals surface area contributed by atoms with Crippen molar-refractivity contribution in [1.82, 2.24) is 10.2 Å². The second-order valence-corrected chi connectivity index (χ2v) is 6.88. The standard InChI is InChI=1S/C22H27N3O3/c1-28-20-10-4-17(5-11-20)12-13-23-21(26)16-24-19-8-6-18(7-9-19)22(27)25-14-2-3-15-25/h4-11,24H,2-3,12-16H2,1H3,(H,23,26). The van der Waals surface area contributed by atoms with E-state index in [0.29, 0.717) is 12.1 Å². The molecule has 28 heavy (non-hydrogen) atoms. The zero-order chi connectivity index (χ0) is 19.8. The minimum Gasteiger partial charge on any atom is -0.497 e. The first-order valence-electron chi connectivity index (χ1n) is 9.68. The van der Waals surface area contributed by atoms with Gasteiger partial charge in [0.1, 0.15) is 5.75 Å². The predicted molar refractivity (Wildman–Crippen MR) is 110 cm³/mol. The zero-order valence-corrected chi connectivity index (χ0v) is 16.2. The molecule has 6 nitrogen and oxygen atoms in total. The number of anilines is 1. The van der Waals surface area contributed by atoms with Crippen LogP contribution in [0.15, 0.2) is 48.5 Å². The van der Waals surface area contributed by atoms with Crippen molar-refractivity contribution in [3.8, 4) is 5.75 Å². The number of carbonyl (C=O) groups excluding carboxylic acids is 2. The van der Waals surface area contributed by atoms with Crippen LogP contribution in [0.3, 0.4) is 0 Å². The van der Waals surface area contributed by atoms with Crippen molar-refractivity contribution in [3.05, 3.63) is 59.7 Å². The number of nitrogens with one attached hydrogen (secondary N) is 2. The summed E-state index contributed by atoms with van der Waals surface area (Å²) in [6, 6.07) is 15.1. The quantitative estimate of drug-likeness (QED) is 0.738. The van der Waals surface area contributed by atoms with E-state index in [0.717, 1.165) is 49.4 Å². The van der Waals surface area contributed by atoms with E-state index >= 15 is 0 Å². The number of benzene rings is 2. The number of hydrogen-bond donors (Lipinski definition) is 2. The fourth-order valence-electron chi connectivity index (χ4n) is 3.22. The van der Waals surface area contributed by atoms with Gasteiger partial charge in [0.2, 0.25) is 5.91 Å². The molecule has 1 heterocycles. The molecule has 3 rings (SSSR count). The molecule has 2 aromatic carbocycles. The monoisotopic (exact) mass is 381 g/mol. The molecule has 1 aliphatic rings. The van der Waals surface area contributed by atoms with Crippen molar-refractivity contribution in [1.29, 1.82) is 0 Å². The fourth-order valence-corrected chi connectivity index (χ4v) is 3.22. The first kappa shape index (κ1) is 19.7. The third kappa shape index (κ3) is 5.49. The molecular weight excluding hydrogens is 354 g/mol. The van der Waals surface area contributed by atoms with E-state index in [-0.39, 0.29) is 18.4 Å². The summed E-state index contributed by atoms with van der Waals surface area (Å²) in [5.41, 5.74) is 2.66. The van der Waals surface area contributed by atoms with Gasteiger partial charge in [-0.25, -0.2) is 0 Å². The van der Waals surface area contributed by atoms with Crippen molar-refractivity contribution in [2.24, 2.45) is 0 Å². The van der Waals surface area contributed by atoms with Crippen LogP contribution >= 0.6 is 0 Å². The van der Waals surface area contributed by atoms with Crippen LogP contribution in [0.25, 0.3) is 0 Å². The topological polar surface area (TPSA) is 70.7 Å². The van der Waals surface area contributed by atoms with Gasteiger partial charge in [-0.2, -0.15) is 0 Å². The molecule has 0 bridgehead atoms. The first-order chi connectivity index (χ1) is 13.7. The molecule has 148 valence electrons. The van der Waals surface area contributed by atoms with Crippen LogP contribution in [0.5, 0.6) is 5.75 Å². The molecule has 2 aromatic rings. The van der Waals surface area contributed by atoms with Gasteiger partial charge in [-0.15, -0.1) is 0 Å². The molecule has 1 saturated heterocycles. The van der Waals surface area contributed by atoms with Gasteiger partial charge in [-0.05, 0) is 61.2 Å². The summed E-state index contributed by atoms with van der Waals surface area (Å²) in [7, 11) is 1.64. The summed E-state index contributed by atoms with van der Waals surface area (Å²) in [6.45, 7) is 2.46. The highest BCUT2D eigenvalue weighted by Crippen LogP contribution is 2.15. The number of nitrogens with zero attached hydrogens (tertiary/aromatic N) is 1. The van der Waals surface area contributed by atoms with Crippen LogP contribution in [0.2, 0.25) is 0 Å². The van der Waals surface area contributed by atoms with E-state index in [1.807, 2.05) is 53.4 Å². The van der Waals surface area contributed by atoms with E-state index in [4.69, 9.17) is 4.74 Å². The molecular formula is C22H27N3O3. The Kier molecular flexibility index (Phi) is 6.89. The van der Waals surface area contributed by atoms with E-state index in [1.165, 1.54) is 0 Å². The van der Waals surface area contributed by atoms with E-state index < -0.39 is 0 Å². The molecule has 0 radical (unpaired) electrons. The lowest BCUT2D eigenvalue weighted by atomic mass is 10.1. The minimum atomic E-state index is -0.0641. The Morgan fingerprint density at radius 3 is 2.32 bits per heavy atom. The van der Waals surface area contributed by atoms with Crippen LogP contribution in [-0.4, -0.2) is 50.0 Å². The Hall–Kier alpha value is -3.02. The van der Waals surface area contributed by atoms with Crippen molar-refractivity contribution >= 4 is 17.5 Å². The van der Waals surface area contributed by atoms with E-state index in [1.54, 1.807) is 7.11 Å². The highest BCUT2D eigenvalue weighted by atomic mass is 16.5. The maximum absolute atomic E-state index is 12.3. The van der Waals surface area contributed by atoms with Crippen molar-refractivity contribution < 1.29 is 14.3 Å². The number of rotatable bonds is 8. The van der Waals surface area contributed by atoms with Gasteiger partial charge in [-0.3, -0.25) is 9.59 Å². The maximum Gasteiger partial charge on any atom is 0.253 e. The molecule has 0 saturated carbocycles. The smallest absolute Gasteiger partial charge is 0.253 e. The van der Waals surface area contributed by atoms with Gasteiger partial charge in [0, 0.05) is 30.9 Å². The molecule has 2 N–H and O–H groups in total. The van der Waals surface area contributed by atoms with Crippen molar-refractivity contribution in [2.75, 3.05) is 38.6 Å². The largest absolute Gasteiger partial charge is 0.497 e. The summed E-state index contributed by atoms with van der Waals surface area (Å²) in [5.74, 6) is 0.844. The number of carbonyl (C=O) groups is 2. The lowest BCUT2D eigenvalue weighted by Gasteiger charge is -2.15. The third-order valence-corrected chi connectivity index (χ3v) is 4.87. The summed E-state index contributed by atoms with van der Waals surface area (Å²) < 4.78 is 5.13. The number of likely N-dealkylation sites (tertiary alicyclic amines) is 1. The Balaban J connectivity index is 1.38. The number of methoxy groups -OCH3 is 1. The van der Waals surface area contributed by atoms with Crippen LogP contribution in [0, 0.1) is 0 Å². The number of amides is 2. The Bertz CT molecular complexity index is 782. The Morgan fingerprint density at radius 1 is 1.00 bits per heavy atom. The van der Waals surface area contributed by atoms with Gasteiger partial charge in [0.05, 0.1) is 13.7 Å². The van der Waals surface area contributed by atoms with Crippen LogP contribution < -0.4 is 15.4 Å². The average Bonchev–Trinajstić information content (AvgIpc) is 3.27. The number of hydrogen-bond acceptors (Lipinski definition) is 4. The summed E-state index contributed by atoms with van der Waals surface area (Å²) in [6.07, 6.45) is 2.93. The first-order valence-corrected chi connectivity index (χ1v) is 9.68. The van der Waals surface area contributed by atoms with Gasteiger partial charge in [0.15, 0.2) is 0 Å². The molecule has 1 aliphatic heterocycles. The van der Waals surface area contributed by atoms with Gasteiger partial charge < -0.3 is 20.3 Å². The molecule has 0 spiro atoms. The maximum atomic E-state index is 12.3. The van der Waals surface area contributed by atoms with Crippen LogP contribution in [0.4, 0.5) is 5.69 Å². The summed E-state index contributed by atoms with van der Waals surface area (Å²) in [4.78, 5) is 26.2. The van der Waals surface area contributed by atoms with Gasteiger partial charge in [0.25, 0.3) is 5.91 Å². The molecule has 6 heteroatoms. The van der Waals surface area contributed by atoms with Crippen molar-refractivity contribution in [3.63, 3.8) is 0 Å². The third-order valence-electron chi connectivity index (χ3n) is 4.87. The molecule has 0 atom stereocenters. The lowest BCUT2D eigenvalue weighted by molar-refractivity contribution is -0.119. The molecule has 2 amide bonds. The molecule has 1 fully saturated rings. The molecule has 0 aromatic heterocycles. The Morgan fingerprint density at radius 2 is 1.68 bits per heavy atom. The average molecular weight is 381 g/mol. The SMILES string of the molecule is COc1ccc(CCNC(=O)CNc2ccc(C(=O)N3CCCC3)cc2)cc1. The minimum absolute atomic E-state index is 0.0641.